The van der Waals surface area contributed by atoms with Gasteiger partial charge in [0, 0.05) is 17.3 Å². The zero-order chi connectivity index (χ0) is 31.4. The monoisotopic (exact) mass is 612 g/mol. The van der Waals surface area contributed by atoms with Crippen LogP contribution in [0.15, 0.2) is 0 Å². The van der Waals surface area contributed by atoms with Crippen molar-refractivity contribution < 1.29 is 75.1 Å². The number of hydrogen-bond donors (Lipinski definition) is 11. The lowest BCUT2D eigenvalue weighted by Crippen LogP contribution is -2.69. The van der Waals surface area contributed by atoms with E-state index in [1.807, 2.05) is 0 Å². The minimum absolute atomic E-state index is 0.171. The second kappa shape index (κ2) is 12.7. The average Bonchev–Trinajstić information content (AvgIpc) is 2.93. The molecule has 4 rings (SSSR count). The highest BCUT2D eigenvalue weighted by Gasteiger charge is 2.64. The Morgan fingerprint density at radius 2 is 1.36 bits per heavy atom. The summed E-state index contributed by atoms with van der Waals surface area (Å²) in [4.78, 5) is 0. The second-order valence-electron chi connectivity index (χ2n) is 13.2. The molecule has 4 fully saturated rings. The van der Waals surface area contributed by atoms with E-state index in [4.69, 9.17) is 18.9 Å². The normalized spacial score (nSPS) is 52.1. The Kier molecular flexibility index (Phi) is 10.3. The van der Waals surface area contributed by atoms with Gasteiger partial charge in [-0.2, -0.15) is 0 Å². The van der Waals surface area contributed by atoms with E-state index >= 15 is 0 Å². The molecular formula is C27H48O15. The van der Waals surface area contributed by atoms with Gasteiger partial charge in [0.1, 0.15) is 48.8 Å². The van der Waals surface area contributed by atoms with Crippen LogP contribution in [0.3, 0.4) is 0 Å². The quantitative estimate of drug-likeness (QED) is 0.124. The van der Waals surface area contributed by atoms with Gasteiger partial charge in [-0.1, -0.05) is 0 Å². The average molecular weight is 613 g/mol. The smallest absolute Gasteiger partial charge is 0.186 e. The highest BCUT2D eigenvalue weighted by atomic mass is 16.7. The van der Waals surface area contributed by atoms with Crippen LogP contribution in [0, 0.1) is 17.3 Å². The van der Waals surface area contributed by atoms with Crippen molar-refractivity contribution in [1.29, 1.82) is 0 Å². The Balaban J connectivity index is 1.57. The zero-order valence-electron chi connectivity index (χ0n) is 24.1. The van der Waals surface area contributed by atoms with E-state index in [0.717, 1.165) is 0 Å². The number of aliphatic hydroxyl groups is 11. The third-order valence-corrected chi connectivity index (χ3v) is 9.96. The summed E-state index contributed by atoms with van der Waals surface area (Å²) in [6, 6.07) is 0. The number of aliphatic hydroxyl groups excluding tert-OH is 9. The zero-order valence-corrected chi connectivity index (χ0v) is 24.1. The van der Waals surface area contributed by atoms with Gasteiger partial charge >= 0.3 is 0 Å². The van der Waals surface area contributed by atoms with Gasteiger partial charge in [-0.15, -0.1) is 0 Å². The van der Waals surface area contributed by atoms with Crippen LogP contribution >= 0.6 is 0 Å². The SMILES string of the molecule is CC(C)(O)C1CCC2(CO)C(O)CCC(C)(O)C2C1OC1OC(COC2OC(CO)C(O)C(O)C2O)C(O)C(O)C1O. The van der Waals surface area contributed by atoms with Crippen molar-refractivity contribution in [1.82, 2.24) is 0 Å². The van der Waals surface area contributed by atoms with Gasteiger partial charge in [0.05, 0.1) is 43.2 Å². The Morgan fingerprint density at radius 1 is 0.786 bits per heavy atom. The molecule has 15 nitrogen and oxygen atoms in total. The summed E-state index contributed by atoms with van der Waals surface area (Å²) in [6.07, 6.45) is -17.3. The van der Waals surface area contributed by atoms with Crippen molar-refractivity contribution in [2.75, 3.05) is 19.8 Å². The minimum Gasteiger partial charge on any atom is -0.396 e. The third-order valence-electron chi connectivity index (χ3n) is 9.96. The molecule has 0 spiro atoms. The molecule has 15 heteroatoms. The van der Waals surface area contributed by atoms with Gasteiger partial charge in [0.25, 0.3) is 0 Å². The van der Waals surface area contributed by atoms with Crippen LogP contribution < -0.4 is 0 Å². The van der Waals surface area contributed by atoms with Crippen molar-refractivity contribution in [2.45, 2.75) is 131 Å². The summed E-state index contributed by atoms with van der Waals surface area (Å²) in [5.74, 6) is -1.59. The second-order valence-corrected chi connectivity index (χ2v) is 13.2. The summed E-state index contributed by atoms with van der Waals surface area (Å²) in [5, 5.41) is 116. The number of ether oxygens (including phenoxy) is 4. The molecule has 16 unspecified atom stereocenters. The Labute approximate surface area is 243 Å². The van der Waals surface area contributed by atoms with Crippen LogP contribution in [-0.2, 0) is 18.9 Å². The number of fused-ring (bicyclic) bond motifs is 1. The van der Waals surface area contributed by atoms with E-state index in [0.29, 0.717) is 0 Å². The fourth-order valence-electron chi connectivity index (χ4n) is 7.45. The molecule has 2 saturated carbocycles. The summed E-state index contributed by atoms with van der Waals surface area (Å²) in [6.45, 7) is 2.95. The van der Waals surface area contributed by atoms with Crippen molar-refractivity contribution in [3.05, 3.63) is 0 Å². The van der Waals surface area contributed by atoms with Gasteiger partial charge in [-0.3, -0.25) is 0 Å². The topological polar surface area (TPSA) is 259 Å². The maximum absolute atomic E-state index is 11.5. The largest absolute Gasteiger partial charge is 0.396 e. The summed E-state index contributed by atoms with van der Waals surface area (Å²) >= 11 is 0. The van der Waals surface area contributed by atoms with E-state index in [-0.39, 0.29) is 25.7 Å². The standard InChI is InChI=1S/C27H48O15/c1-25(2,37)11-4-7-27(10-29)14(30)5-6-26(3,38)22(27)21(11)42-24-20(36)18(34)16(32)13(41-24)9-39-23-19(35)17(33)15(31)12(8-28)40-23/h11-24,28-38H,4-10H2,1-3H3. The molecule has 0 amide bonds. The molecule has 0 aromatic carbocycles. The van der Waals surface area contributed by atoms with Crippen LogP contribution in [0.2, 0.25) is 0 Å². The van der Waals surface area contributed by atoms with Crippen LogP contribution in [-0.4, -0.2) is 161 Å². The Morgan fingerprint density at radius 3 is 1.93 bits per heavy atom. The van der Waals surface area contributed by atoms with Crippen LogP contribution in [0.1, 0.15) is 46.5 Å². The van der Waals surface area contributed by atoms with Crippen molar-refractivity contribution in [3.63, 3.8) is 0 Å². The predicted octanol–water partition coefficient (Wildman–Crippen LogP) is -4.32. The molecule has 0 aromatic rings. The van der Waals surface area contributed by atoms with Crippen LogP contribution in [0.4, 0.5) is 0 Å². The summed E-state index contributed by atoms with van der Waals surface area (Å²) in [7, 11) is 0. The van der Waals surface area contributed by atoms with Gasteiger partial charge in [-0.25, -0.2) is 0 Å². The first kappa shape index (κ1) is 34.3. The maximum atomic E-state index is 11.5. The van der Waals surface area contributed by atoms with Gasteiger partial charge in [0.2, 0.25) is 0 Å². The minimum atomic E-state index is -1.81. The summed E-state index contributed by atoms with van der Waals surface area (Å²) < 4.78 is 22.9. The molecule has 2 aliphatic carbocycles. The molecule has 11 N–H and O–H groups in total. The lowest BCUT2D eigenvalue weighted by molar-refractivity contribution is -0.355. The lowest BCUT2D eigenvalue weighted by Gasteiger charge is -2.61. The number of hydrogen-bond acceptors (Lipinski definition) is 15. The molecule has 246 valence electrons. The van der Waals surface area contributed by atoms with Gasteiger partial charge < -0.3 is 75.1 Å². The molecule has 2 aliphatic heterocycles. The maximum Gasteiger partial charge on any atom is 0.186 e. The first-order valence-corrected chi connectivity index (χ1v) is 14.5. The molecule has 2 saturated heterocycles. The van der Waals surface area contributed by atoms with Crippen LogP contribution in [0.25, 0.3) is 0 Å². The molecule has 42 heavy (non-hydrogen) atoms. The molecule has 0 bridgehead atoms. The van der Waals surface area contributed by atoms with Crippen LogP contribution in [0.5, 0.6) is 0 Å². The Hall–Kier alpha value is -0.600. The first-order chi connectivity index (χ1) is 19.5. The highest BCUT2D eigenvalue weighted by Crippen LogP contribution is 2.58. The van der Waals surface area contributed by atoms with E-state index in [1.54, 1.807) is 20.8 Å². The van der Waals surface area contributed by atoms with E-state index < -0.39 is 122 Å². The molecule has 4 aliphatic rings. The Bertz CT molecular complexity index is 897. The van der Waals surface area contributed by atoms with E-state index in [1.165, 1.54) is 0 Å². The molecule has 2 heterocycles. The third kappa shape index (κ3) is 6.12. The van der Waals surface area contributed by atoms with E-state index in [2.05, 4.69) is 0 Å². The van der Waals surface area contributed by atoms with Crippen molar-refractivity contribution >= 4 is 0 Å². The molecule has 0 aromatic heterocycles. The highest BCUT2D eigenvalue weighted by molar-refractivity contribution is 5.12. The van der Waals surface area contributed by atoms with E-state index in [9.17, 15) is 56.2 Å². The van der Waals surface area contributed by atoms with Gasteiger partial charge in [0.15, 0.2) is 12.6 Å². The predicted molar refractivity (Wildman–Crippen MR) is 139 cm³/mol. The fraction of sp³-hybridized carbons (Fsp3) is 1.00. The number of rotatable bonds is 8. The van der Waals surface area contributed by atoms with Crippen molar-refractivity contribution in [2.24, 2.45) is 17.3 Å². The summed E-state index contributed by atoms with van der Waals surface area (Å²) in [5.41, 5.74) is -4.01. The van der Waals surface area contributed by atoms with Gasteiger partial charge in [-0.05, 0) is 46.5 Å². The molecular weight excluding hydrogens is 564 g/mol. The lowest BCUT2D eigenvalue weighted by atomic mass is 9.49. The molecule has 0 radical (unpaired) electrons. The fourth-order valence-corrected chi connectivity index (χ4v) is 7.45. The first-order valence-electron chi connectivity index (χ1n) is 14.5. The van der Waals surface area contributed by atoms with Crippen molar-refractivity contribution in [3.8, 4) is 0 Å². The molecule has 16 atom stereocenters.